The minimum atomic E-state index is -0.232. The fourth-order valence-corrected chi connectivity index (χ4v) is 2.33. The highest BCUT2D eigenvalue weighted by Crippen LogP contribution is 2.18. The van der Waals surface area contributed by atoms with E-state index >= 15 is 0 Å². The fraction of sp³-hybridized carbons (Fsp3) is 0.562. The third-order valence-electron chi connectivity index (χ3n) is 3.65. The molecule has 6 nitrogen and oxygen atoms in total. The van der Waals surface area contributed by atoms with Gasteiger partial charge in [0.1, 0.15) is 5.82 Å². The van der Waals surface area contributed by atoms with Crippen LogP contribution < -0.4 is 0 Å². The summed E-state index contributed by atoms with van der Waals surface area (Å²) in [5.74, 6) is 0.810. The molecule has 2 aromatic rings. The van der Waals surface area contributed by atoms with E-state index in [0.717, 1.165) is 18.0 Å². The number of carbonyl (C=O) groups excluding carboxylic acids is 1. The van der Waals surface area contributed by atoms with Gasteiger partial charge in [-0.1, -0.05) is 0 Å². The average molecular weight is 303 g/mol. The molecule has 0 N–H and O–H groups in total. The number of aryl methyl sites for hydroxylation is 1. The summed E-state index contributed by atoms with van der Waals surface area (Å²) in [4.78, 5) is 16.9. The topological polar surface area (TPSA) is 53.7 Å². The zero-order valence-electron chi connectivity index (χ0n) is 14.3. The highest BCUT2D eigenvalue weighted by atomic mass is 16.2. The number of aromatic nitrogens is 3. The lowest BCUT2D eigenvalue weighted by Crippen LogP contribution is -2.48. The summed E-state index contributed by atoms with van der Waals surface area (Å²) in [6.45, 7) is 9.57. The molecule has 2 heterocycles. The Morgan fingerprint density at radius 2 is 1.86 bits per heavy atom. The Hall–Kier alpha value is -1.95. The normalized spacial score (nSPS) is 12.1. The first-order valence-corrected chi connectivity index (χ1v) is 7.48. The molecule has 2 aromatic heterocycles. The standard InChI is InChI=1S/C16H25N5O/c1-12-17-18-14-8-7-13(11-20(12)14)15(22)21(16(2,3)4)10-9-19(5)6/h7-8,11H,9-10H2,1-6H3. The van der Waals surface area contributed by atoms with Crippen molar-refractivity contribution in [3.05, 3.63) is 29.7 Å². The van der Waals surface area contributed by atoms with Gasteiger partial charge in [-0.3, -0.25) is 9.20 Å². The van der Waals surface area contributed by atoms with Crippen molar-refractivity contribution in [2.45, 2.75) is 33.2 Å². The molecule has 120 valence electrons. The van der Waals surface area contributed by atoms with Crippen LogP contribution in [0.5, 0.6) is 0 Å². The molecule has 0 aliphatic rings. The van der Waals surface area contributed by atoms with Crippen molar-refractivity contribution in [3.8, 4) is 0 Å². The highest BCUT2D eigenvalue weighted by molar-refractivity contribution is 5.94. The van der Waals surface area contributed by atoms with Gasteiger partial charge in [-0.2, -0.15) is 0 Å². The Labute approximate surface area is 131 Å². The van der Waals surface area contributed by atoms with E-state index in [1.54, 1.807) is 0 Å². The summed E-state index contributed by atoms with van der Waals surface area (Å²) in [7, 11) is 4.02. The van der Waals surface area contributed by atoms with E-state index in [0.29, 0.717) is 12.1 Å². The van der Waals surface area contributed by atoms with Gasteiger partial charge in [0, 0.05) is 24.8 Å². The lowest BCUT2D eigenvalue weighted by molar-refractivity contribution is 0.0564. The Balaban J connectivity index is 2.33. The van der Waals surface area contributed by atoms with Gasteiger partial charge in [0.25, 0.3) is 5.91 Å². The smallest absolute Gasteiger partial charge is 0.255 e. The van der Waals surface area contributed by atoms with Crippen LogP contribution in [0.3, 0.4) is 0 Å². The largest absolute Gasteiger partial charge is 0.332 e. The third kappa shape index (κ3) is 3.44. The first-order chi connectivity index (χ1) is 10.2. The lowest BCUT2D eigenvalue weighted by Gasteiger charge is -2.36. The van der Waals surface area contributed by atoms with Gasteiger partial charge in [0.2, 0.25) is 0 Å². The molecule has 2 rings (SSSR count). The van der Waals surface area contributed by atoms with Crippen LogP contribution in [0, 0.1) is 6.92 Å². The predicted octanol–water partition coefficient (Wildman–Crippen LogP) is 1.84. The molecule has 6 heteroatoms. The maximum atomic E-state index is 12.9. The van der Waals surface area contributed by atoms with Gasteiger partial charge in [0.15, 0.2) is 5.65 Å². The minimum Gasteiger partial charge on any atom is -0.332 e. The Bertz CT molecular complexity index is 669. The summed E-state index contributed by atoms with van der Waals surface area (Å²) in [6.07, 6.45) is 1.82. The first-order valence-electron chi connectivity index (χ1n) is 7.48. The van der Waals surface area contributed by atoms with Crippen molar-refractivity contribution in [2.75, 3.05) is 27.2 Å². The van der Waals surface area contributed by atoms with E-state index in [-0.39, 0.29) is 11.4 Å². The van der Waals surface area contributed by atoms with Crippen molar-refractivity contribution >= 4 is 11.6 Å². The van der Waals surface area contributed by atoms with Gasteiger partial charge < -0.3 is 9.80 Å². The molecule has 0 saturated heterocycles. The molecule has 0 aromatic carbocycles. The number of carbonyl (C=O) groups is 1. The summed E-state index contributed by atoms with van der Waals surface area (Å²) in [5, 5.41) is 8.08. The summed E-state index contributed by atoms with van der Waals surface area (Å²) < 4.78 is 1.85. The number of pyridine rings is 1. The van der Waals surface area contributed by atoms with Crippen LogP contribution in [0.4, 0.5) is 0 Å². The van der Waals surface area contributed by atoms with Crippen LogP contribution in [0.15, 0.2) is 18.3 Å². The lowest BCUT2D eigenvalue weighted by atomic mass is 10.0. The number of likely N-dealkylation sites (N-methyl/N-ethyl adjacent to an activating group) is 1. The molecule has 0 radical (unpaired) electrons. The monoisotopic (exact) mass is 303 g/mol. The number of fused-ring (bicyclic) bond motifs is 1. The van der Waals surface area contributed by atoms with E-state index in [9.17, 15) is 4.79 Å². The van der Waals surface area contributed by atoms with E-state index in [1.807, 2.05) is 48.6 Å². The van der Waals surface area contributed by atoms with Crippen LogP contribution in [-0.2, 0) is 0 Å². The van der Waals surface area contributed by atoms with Crippen LogP contribution in [0.2, 0.25) is 0 Å². The second-order valence-electron chi connectivity index (χ2n) is 6.82. The quantitative estimate of drug-likeness (QED) is 0.865. The molecular formula is C16H25N5O. The molecule has 0 atom stereocenters. The predicted molar refractivity (Wildman–Crippen MR) is 87.1 cm³/mol. The van der Waals surface area contributed by atoms with E-state index in [1.165, 1.54) is 0 Å². The molecule has 0 spiro atoms. The van der Waals surface area contributed by atoms with Crippen molar-refractivity contribution in [1.82, 2.24) is 24.4 Å². The van der Waals surface area contributed by atoms with Gasteiger partial charge in [-0.25, -0.2) is 0 Å². The number of amides is 1. The number of hydrogen-bond acceptors (Lipinski definition) is 4. The van der Waals surface area contributed by atoms with Gasteiger partial charge in [-0.15, -0.1) is 10.2 Å². The number of rotatable bonds is 4. The van der Waals surface area contributed by atoms with Crippen molar-refractivity contribution in [1.29, 1.82) is 0 Å². The fourth-order valence-electron chi connectivity index (χ4n) is 2.33. The van der Waals surface area contributed by atoms with Crippen LogP contribution in [-0.4, -0.2) is 63.0 Å². The molecule has 0 saturated carbocycles. The average Bonchev–Trinajstić information content (AvgIpc) is 2.78. The molecular weight excluding hydrogens is 278 g/mol. The second kappa shape index (κ2) is 6.04. The van der Waals surface area contributed by atoms with E-state index in [2.05, 4.69) is 35.9 Å². The van der Waals surface area contributed by atoms with Gasteiger partial charge in [0.05, 0.1) is 5.56 Å². The third-order valence-corrected chi connectivity index (χ3v) is 3.65. The van der Waals surface area contributed by atoms with Crippen molar-refractivity contribution in [2.24, 2.45) is 0 Å². The zero-order valence-corrected chi connectivity index (χ0v) is 14.3. The minimum absolute atomic E-state index is 0.0318. The summed E-state index contributed by atoms with van der Waals surface area (Å²) in [6, 6.07) is 3.65. The molecule has 0 aliphatic carbocycles. The molecule has 1 amide bonds. The number of nitrogens with zero attached hydrogens (tertiary/aromatic N) is 5. The van der Waals surface area contributed by atoms with Crippen molar-refractivity contribution < 1.29 is 4.79 Å². The molecule has 22 heavy (non-hydrogen) atoms. The van der Waals surface area contributed by atoms with Crippen LogP contribution >= 0.6 is 0 Å². The molecule has 0 bridgehead atoms. The van der Waals surface area contributed by atoms with Crippen LogP contribution in [0.1, 0.15) is 37.0 Å². The van der Waals surface area contributed by atoms with Crippen LogP contribution in [0.25, 0.3) is 5.65 Å². The summed E-state index contributed by atoms with van der Waals surface area (Å²) >= 11 is 0. The Kier molecular flexibility index (Phi) is 4.51. The van der Waals surface area contributed by atoms with E-state index in [4.69, 9.17) is 0 Å². The molecule has 0 aliphatic heterocycles. The Morgan fingerprint density at radius 3 is 2.45 bits per heavy atom. The second-order valence-corrected chi connectivity index (χ2v) is 6.82. The van der Waals surface area contributed by atoms with E-state index < -0.39 is 0 Å². The van der Waals surface area contributed by atoms with Gasteiger partial charge >= 0.3 is 0 Å². The maximum absolute atomic E-state index is 12.9. The van der Waals surface area contributed by atoms with Gasteiger partial charge in [-0.05, 0) is 53.9 Å². The molecule has 0 fully saturated rings. The molecule has 0 unspecified atom stereocenters. The highest BCUT2D eigenvalue weighted by Gasteiger charge is 2.27. The first kappa shape index (κ1) is 16.4. The number of hydrogen-bond donors (Lipinski definition) is 0. The maximum Gasteiger partial charge on any atom is 0.255 e. The Morgan fingerprint density at radius 1 is 1.18 bits per heavy atom. The SMILES string of the molecule is Cc1nnc2ccc(C(=O)N(CCN(C)C)C(C)(C)C)cn12. The van der Waals surface area contributed by atoms with Crippen molar-refractivity contribution in [3.63, 3.8) is 0 Å². The zero-order chi connectivity index (χ0) is 16.5. The summed E-state index contributed by atoms with van der Waals surface area (Å²) in [5.41, 5.74) is 1.18.